The molecule has 4 N–H and O–H groups in total. The number of rotatable bonds is 6. The zero-order chi connectivity index (χ0) is 22.8. The van der Waals surface area contributed by atoms with Crippen molar-refractivity contribution < 1.29 is 13.7 Å². The van der Waals surface area contributed by atoms with Crippen LogP contribution in [0.2, 0.25) is 18.1 Å². The molecule has 5 nitrogen and oxygen atoms in total. The van der Waals surface area contributed by atoms with E-state index in [0.717, 1.165) is 25.7 Å². The average molecular weight is 485 g/mol. The Balaban J connectivity index is 0.000000782. The zero-order valence-corrected chi connectivity index (χ0v) is 23.6. The highest BCUT2D eigenvalue weighted by molar-refractivity contribution is 7.84. The van der Waals surface area contributed by atoms with E-state index in [1.54, 1.807) is 0 Å². The monoisotopic (exact) mass is 484 g/mol. The van der Waals surface area contributed by atoms with Crippen LogP contribution < -0.4 is 10.5 Å². The Kier molecular flexibility index (Phi) is 11.8. The van der Waals surface area contributed by atoms with Crippen molar-refractivity contribution in [2.75, 3.05) is 0 Å². The predicted octanol–water partition coefficient (Wildman–Crippen LogP) is 4.75. The van der Waals surface area contributed by atoms with Gasteiger partial charge in [0.15, 0.2) is 8.32 Å². The van der Waals surface area contributed by atoms with E-state index < -0.39 is 19.3 Å². The summed E-state index contributed by atoms with van der Waals surface area (Å²) >= 11 is 0. The molecule has 0 saturated heterocycles. The van der Waals surface area contributed by atoms with Crippen molar-refractivity contribution in [1.29, 1.82) is 0 Å². The van der Waals surface area contributed by atoms with Gasteiger partial charge in [0.05, 0.1) is 21.8 Å². The van der Waals surface area contributed by atoms with Crippen molar-refractivity contribution in [3.8, 4) is 0 Å². The van der Waals surface area contributed by atoms with E-state index in [4.69, 9.17) is 15.3 Å². The fourth-order valence-electron chi connectivity index (χ4n) is 3.21. The zero-order valence-electron chi connectivity index (χ0n) is 21.0. The average Bonchev–Trinajstić information content (AvgIpc) is 2.45. The molecule has 0 radical (unpaired) electrons. The first kappa shape index (κ1) is 30.5. The van der Waals surface area contributed by atoms with Gasteiger partial charge in [0.1, 0.15) is 0 Å². The lowest BCUT2D eigenvalue weighted by atomic mass is 9.78. The minimum Gasteiger partial charge on any atom is -0.414 e. The minimum atomic E-state index is -1.64. The van der Waals surface area contributed by atoms with Gasteiger partial charge in [0, 0.05) is 18.2 Å². The Labute approximate surface area is 195 Å². The smallest absolute Gasteiger partial charge is 0.192 e. The number of nitrogens with one attached hydrogen (secondary N) is 1. The van der Waals surface area contributed by atoms with Crippen LogP contribution in [-0.2, 0) is 15.4 Å². The Morgan fingerprint density at radius 1 is 1.03 bits per heavy atom. The number of aliphatic hydroxyl groups excluding tert-OH is 1. The summed E-state index contributed by atoms with van der Waals surface area (Å²) in [5, 5.41) is 9.09. The topological polar surface area (TPSA) is 84.6 Å². The van der Waals surface area contributed by atoms with Crippen LogP contribution >= 0.6 is 12.4 Å². The molecule has 0 aromatic carbocycles. The van der Waals surface area contributed by atoms with Crippen molar-refractivity contribution in [2.24, 2.45) is 17.6 Å². The van der Waals surface area contributed by atoms with Crippen LogP contribution in [0.25, 0.3) is 0 Å². The van der Waals surface area contributed by atoms with Gasteiger partial charge >= 0.3 is 0 Å². The maximum absolute atomic E-state index is 12.1. The van der Waals surface area contributed by atoms with E-state index in [-0.39, 0.29) is 34.3 Å². The second-order valence-electron chi connectivity index (χ2n) is 11.8. The van der Waals surface area contributed by atoms with E-state index in [1.165, 1.54) is 0 Å². The highest BCUT2D eigenvalue weighted by Gasteiger charge is 2.43. The summed E-state index contributed by atoms with van der Waals surface area (Å²) in [6.07, 6.45) is 4.38. The van der Waals surface area contributed by atoms with Crippen LogP contribution in [0, 0.1) is 11.8 Å². The van der Waals surface area contributed by atoms with E-state index in [9.17, 15) is 4.21 Å². The first-order valence-electron chi connectivity index (χ1n) is 11.2. The van der Waals surface area contributed by atoms with Gasteiger partial charge in [0.2, 0.25) is 0 Å². The summed E-state index contributed by atoms with van der Waals surface area (Å²) in [6, 6.07) is 0.572. The molecule has 2 fully saturated rings. The third kappa shape index (κ3) is 9.16. The highest BCUT2D eigenvalue weighted by Crippen LogP contribution is 2.42. The quantitative estimate of drug-likeness (QED) is 0.474. The second-order valence-corrected chi connectivity index (χ2v) is 18.5. The number of halogens is 1. The van der Waals surface area contributed by atoms with Gasteiger partial charge in [-0.3, -0.25) is 0 Å². The fourth-order valence-corrected chi connectivity index (χ4v) is 5.47. The van der Waals surface area contributed by atoms with Crippen LogP contribution in [0.1, 0.15) is 81.1 Å². The molecular weight excluding hydrogens is 436 g/mol. The maximum Gasteiger partial charge on any atom is 0.192 e. The number of aliphatic hydroxyl groups is 1. The van der Waals surface area contributed by atoms with E-state index in [0.29, 0.717) is 24.0 Å². The van der Waals surface area contributed by atoms with Gasteiger partial charge in [-0.15, -0.1) is 12.4 Å². The Hall–Kier alpha value is 0.497. The molecule has 0 bridgehead atoms. The summed E-state index contributed by atoms with van der Waals surface area (Å²) in [6.45, 7) is 21.7. The molecule has 0 aromatic heterocycles. The Morgan fingerprint density at radius 2 is 1.50 bits per heavy atom. The molecule has 0 aromatic rings. The Morgan fingerprint density at radius 3 is 1.80 bits per heavy atom. The highest BCUT2D eigenvalue weighted by atomic mass is 35.5. The van der Waals surface area contributed by atoms with Gasteiger partial charge in [-0.05, 0) is 90.3 Å². The van der Waals surface area contributed by atoms with Crippen molar-refractivity contribution in [1.82, 2.24) is 4.72 Å². The fraction of sp³-hybridized carbons (Fsp3) is 1.00. The summed E-state index contributed by atoms with van der Waals surface area (Å²) in [7, 11) is -2.63. The minimum absolute atomic E-state index is 0. The van der Waals surface area contributed by atoms with Crippen molar-refractivity contribution >= 4 is 31.7 Å². The molecule has 8 heteroatoms. The number of hydrogen-bond acceptors (Lipinski definition) is 4. The number of hydrogen-bond donors (Lipinski definition) is 3. The second kappa shape index (κ2) is 11.6. The molecule has 0 spiro atoms. The largest absolute Gasteiger partial charge is 0.414 e. The van der Waals surface area contributed by atoms with Crippen LogP contribution in [0.3, 0.4) is 0 Å². The summed E-state index contributed by atoms with van der Waals surface area (Å²) < 4.78 is 21.6. The van der Waals surface area contributed by atoms with E-state index in [1.807, 2.05) is 27.7 Å². The molecule has 0 amide bonds. The van der Waals surface area contributed by atoms with Crippen molar-refractivity contribution in [2.45, 2.75) is 128 Å². The van der Waals surface area contributed by atoms with Crippen LogP contribution in [0.5, 0.6) is 0 Å². The standard InChI is InChI=1S/C16H35NO2SSi.C6H13NO.ClH/c1-12(17-20(18)15(2,3)4)13-10-14(11-13)19-21(8,9)16(5,6)7;1-4(7)5-2-6(8)3-5;/h12-14,17H,10-11H2,1-9H3;4-6,8H,2-3,7H2,1H3;1H. The van der Waals surface area contributed by atoms with Gasteiger partial charge in [-0.25, -0.2) is 8.93 Å². The molecule has 2 aliphatic rings. The lowest BCUT2D eigenvalue weighted by Crippen LogP contribution is -2.52. The molecular formula is C22H49ClN2O3SSi. The summed E-state index contributed by atoms with van der Waals surface area (Å²) in [5.74, 6) is 1.18. The summed E-state index contributed by atoms with van der Waals surface area (Å²) in [5.41, 5.74) is 5.55. The number of nitrogens with two attached hydrogens (primary N) is 1. The molecule has 0 heterocycles. The van der Waals surface area contributed by atoms with Gasteiger partial charge in [-0.1, -0.05) is 20.8 Å². The SMILES string of the molecule is CC(N)C1CC(O)C1.CC(NS(=O)C(C)(C)C)C1CC(O[Si](C)(C)C(C)(C)C)C1.Cl. The molecule has 2 rings (SSSR count). The first-order valence-corrected chi connectivity index (χ1v) is 15.3. The predicted molar refractivity (Wildman–Crippen MR) is 135 cm³/mol. The molecule has 3 unspecified atom stereocenters. The maximum atomic E-state index is 12.1. The van der Waals surface area contributed by atoms with E-state index in [2.05, 4.69) is 45.5 Å². The van der Waals surface area contributed by atoms with Crippen LogP contribution in [-0.4, -0.2) is 46.7 Å². The molecule has 30 heavy (non-hydrogen) atoms. The first-order chi connectivity index (χ1) is 12.9. The van der Waals surface area contributed by atoms with Gasteiger partial charge < -0.3 is 15.3 Å². The third-order valence-corrected chi connectivity index (χ3v) is 13.1. The van der Waals surface area contributed by atoms with Crippen molar-refractivity contribution in [3.63, 3.8) is 0 Å². The molecule has 2 saturated carbocycles. The van der Waals surface area contributed by atoms with E-state index >= 15 is 0 Å². The normalized spacial score (nSPS) is 29.9. The molecule has 2 aliphatic carbocycles. The lowest BCUT2D eigenvalue weighted by Gasteiger charge is -2.46. The van der Waals surface area contributed by atoms with Crippen molar-refractivity contribution in [3.05, 3.63) is 0 Å². The van der Waals surface area contributed by atoms with Gasteiger partial charge in [-0.2, -0.15) is 0 Å². The van der Waals surface area contributed by atoms with Crippen LogP contribution in [0.4, 0.5) is 0 Å². The third-order valence-electron chi connectivity index (χ3n) is 6.85. The van der Waals surface area contributed by atoms with Crippen LogP contribution in [0.15, 0.2) is 0 Å². The Bertz CT molecular complexity index is 537. The molecule has 3 atom stereocenters. The lowest BCUT2D eigenvalue weighted by molar-refractivity contribution is 0.0337. The van der Waals surface area contributed by atoms with Gasteiger partial charge in [0.25, 0.3) is 0 Å². The molecule has 182 valence electrons. The summed E-state index contributed by atoms with van der Waals surface area (Å²) in [4.78, 5) is 0. The molecule has 0 aliphatic heterocycles.